The van der Waals surface area contributed by atoms with Gasteiger partial charge in [0.2, 0.25) is 5.78 Å². The highest BCUT2D eigenvalue weighted by atomic mass is 16.3. The molecule has 0 spiro atoms. The maximum Gasteiger partial charge on any atom is 0.209 e. The molecule has 0 amide bonds. The molecule has 1 aliphatic rings. The van der Waals surface area contributed by atoms with Crippen LogP contribution in [0, 0.1) is 0 Å². The summed E-state index contributed by atoms with van der Waals surface area (Å²) in [6.45, 7) is 4.75. The Morgan fingerprint density at radius 3 is 1.69 bits per heavy atom. The molecule has 0 aromatic carbocycles. The van der Waals surface area contributed by atoms with Crippen molar-refractivity contribution in [2.24, 2.45) is 0 Å². The highest BCUT2D eigenvalue weighted by molar-refractivity contribution is 6.25. The molecule has 0 bridgehead atoms. The van der Waals surface area contributed by atoms with Crippen LogP contribution in [0.15, 0.2) is 22.7 Å². The van der Waals surface area contributed by atoms with Crippen LogP contribution < -0.4 is 0 Å². The lowest BCUT2D eigenvalue weighted by atomic mass is 9.81. The minimum atomic E-state index is -2.16. The first kappa shape index (κ1) is 25.4. The Bertz CT molecular complexity index is 613. The van der Waals surface area contributed by atoms with E-state index in [-0.39, 0.29) is 17.6 Å². The molecule has 3 N–H and O–H groups in total. The fourth-order valence-corrected chi connectivity index (χ4v) is 3.81. The van der Waals surface area contributed by atoms with Gasteiger partial charge in [0.05, 0.1) is 0 Å². The first-order valence-electron chi connectivity index (χ1n) is 11.4. The number of carbonyl (C=O) groups is 2. The molecular formula is C24H40O5. The zero-order valence-electron chi connectivity index (χ0n) is 18.6. The summed E-state index contributed by atoms with van der Waals surface area (Å²) in [6.07, 6.45) is 15.8. The summed E-state index contributed by atoms with van der Waals surface area (Å²) < 4.78 is 0. The number of allylic oxidation sites excluding steroid dienone is 1. The van der Waals surface area contributed by atoms with Crippen molar-refractivity contribution in [2.45, 2.75) is 116 Å². The van der Waals surface area contributed by atoms with Crippen molar-refractivity contribution in [1.82, 2.24) is 0 Å². The molecule has 5 heteroatoms. The third kappa shape index (κ3) is 7.61. The zero-order chi connectivity index (χ0) is 21.9. The molecule has 0 aliphatic heterocycles. The number of unbranched alkanes of at least 4 members (excludes halogenated alkanes) is 12. The van der Waals surface area contributed by atoms with Crippen molar-refractivity contribution < 1.29 is 24.9 Å². The second-order valence-electron chi connectivity index (χ2n) is 8.51. The summed E-state index contributed by atoms with van der Waals surface area (Å²) in [4.78, 5) is 24.7. The molecule has 5 nitrogen and oxygen atoms in total. The molecule has 0 radical (unpaired) electrons. The third-order valence-corrected chi connectivity index (χ3v) is 5.86. The number of aliphatic hydroxyl groups is 3. The van der Waals surface area contributed by atoms with E-state index in [1.165, 1.54) is 64.7 Å². The van der Waals surface area contributed by atoms with Gasteiger partial charge in [-0.1, -0.05) is 84.0 Å². The Morgan fingerprint density at radius 1 is 0.828 bits per heavy atom. The quantitative estimate of drug-likeness (QED) is 0.228. The van der Waals surface area contributed by atoms with Crippen molar-refractivity contribution in [3.63, 3.8) is 0 Å². The van der Waals surface area contributed by atoms with E-state index in [4.69, 9.17) is 0 Å². The van der Waals surface area contributed by atoms with E-state index in [1.54, 1.807) is 0 Å². The van der Waals surface area contributed by atoms with Crippen LogP contribution in [0.25, 0.3) is 0 Å². The second-order valence-corrected chi connectivity index (χ2v) is 8.51. The first-order chi connectivity index (χ1) is 13.7. The predicted molar refractivity (Wildman–Crippen MR) is 116 cm³/mol. The van der Waals surface area contributed by atoms with Crippen LogP contribution in [-0.4, -0.2) is 32.5 Å². The number of ketones is 2. The van der Waals surface area contributed by atoms with Gasteiger partial charge in [0, 0.05) is 12.0 Å². The van der Waals surface area contributed by atoms with E-state index in [9.17, 15) is 24.9 Å². The first-order valence-corrected chi connectivity index (χ1v) is 11.4. The number of hydrogen-bond acceptors (Lipinski definition) is 5. The van der Waals surface area contributed by atoms with Crippen molar-refractivity contribution in [1.29, 1.82) is 0 Å². The van der Waals surface area contributed by atoms with E-state index < -0.39 is 28.7 Å². The van der Waals surface area contributed by atoms with Crippen molar-refractivity contribution in [3.8, 4) is 0 Å². The largest absolute Gasteiger partial charge is 0.508 e. The summed E-state index contributed by atoms with van der Waals surface area (Å²) in [5, 5.41) is 30.1. The fraction of sp³-hybridized carbons (Fsp3) is 0.750. The zero-order valence-corrected chi connectivity index (χ0v) is 18.6. The Labute approximate surface area is 175 Å². The van der Waals surface area contributed by atoms with Crippen LogP contribution in [0.4, 0.5) is 0 Å². The van der Waals surface area contributed by atoms with Crippen LogP contribution in [0.3, 0.4) is 0 Å². The lowest BCUT2D eigenvalue weighted by Crippen LogP contribution is -2.44. The molecule has 1 rings (SSSR count). The number of aliphatic hydroxyl groups excluding tert-OH is 2. The Hall–Kier alpha value is -1.62. The molecule has 0 fully saturated rings. The average molecular weight is 409 g/mol. The van der Waals surface area contributed by atoms with Gasteiger partial charge in [-0.3, -0.25) is 9.59 Å². The van der Waals surface area contributed by atoms with E-state index >= 15 is 0 Å². The summed E-state index contributed by atoms with van der Waals surface area (Å²) in [5.41, 5.74) is -2.57. The van der Waals surface area contributed by atoms with Crippen molar-refractivity contribution in [3.05, 3.63) is 22.7 Å². The van der Waals surface area contributed by atoms with E-state index in [1.807, 2.05) is 0 Å². The van der Waals surface area contributed by atoms with Crippen LogP contribution in [0.5, 0.6) is 0 Å². The molecule has 0 unspecified atom stereocenters. The molecule has 29 heavy (non-hydrogen) atoms. The molecule has 0 heterocycles. The maximum atomic E-state index is 12.4. The van der Waals surface area contributed by atoms with Gasteiger partial charge in [0.25, 0.3) is 0 Å². The topological polar surface area (TPSA) is 94.8 Å². The molecule has 1 aliphatic carbocycles. The average Bonchev–Trinajstić information content (AvgIpc) is 2.69. The summed E-state index contributed by atoms with van der Waals surface area (Å²) in [5.74, 6) is -2.52. The number of Topliss-reactive ketones (excluding diaryl/α,β-unsaturated/α-hetero) is 2. The minimum absolute atomic E-state index is 0.0247. The normalized spacial score (nSPS) is 19.9. The smallest absolute Gasteiger partial charge is 0.209 e. The van der Waals surface area contributed by atoms with E-state index in [0.717, 1.165) is 26.2 Å². The van der Waals surface area contributed by atoms with Crippen LogP contribution in [0.2, 0.25) is 0 Å². The second kappa shape index (κ2) is 12.8. The lowest BCUT2D eigenvalue weighted by molar-refractivity contribution is -0.133. The fourth-order valence-electron chi connectivity index (χ4n) is 3.81. The van der Waals surface area contributed by atoms with Gasteiger partial charge in [0.15, 0.2) is 11.4 Å². The predicted octanol–water partition coefficient (Wildman–Crippen LogP) is 6.01. The lowest BCUT2D eigenvalue weighted by Gasteiger charge is -2.28. The van der Waals surface area contributed by atoms with Gasteiger partial charge in [0.1, 0.15) is 17.1 Å². The minimum Gasteiger partial charge on any atom is -0.508 e. The number of rotatable bonds is 15. The van der Waals surface area contributed by atoms with Gasteiger partial charge in [-0.15, -0.1) is 0 Å². The van der Waals surface area contributed by atoms with E-state index in [0.29, 0.717) is 6.42 Å². The van der Waals surface area contributed by atoms with Crippen molar-refractivity contribution >= 4 is 11.6 Å². The van der Waals surface area contributed by atoms with Gasteiger partial charge in [-0.25, -0.2) is 0 Å². The SMILES string of the molecule is CCCCCCCCCCCCCCCC(=O)C1=C(O)C(C)=C(O)[C@@](C)(O)C1=O. The summed E-state index contributed by atoms with van der Waals surface area (Å²) in [6, 6.07) is 0. The molecule has 0 saturated carbocycles. The monoisotopic (exact) mass is 408 g/mol. The van der Waals surface area contributed by atoms with Crippen LogP contribution in [0.1, 0.15) is 111 Å². The van der Waals surface area contributed by atoms with Gasteiger partial charge in [-0.2, -0.15) is 0 Å². The summed E-state index contributed by atoms with van der Waals surface area (Å²) in [7, 11) is 0. The molecule has 0 aromatic heterocycles. The highest BCUT2D eigenvalue weighted by Crippen LogP contribution is 2.33. The molecule has 166 valence electrons. The number of carbonyl (C=O) groups excluding carboxylic acids is 2. The van der Waals surface area contributed by atoms with Gasteiger partial charge < -0.3 is 15.3 Å². The molecular weight excluding hydrogens is 368 g/mol. The molecule has 1 atom stereocenters. The van der Waals surface area contributed by atoms with Crippen molar-refractivity contribution in [2.75, 3.05) is 0 Å². The Morgan fingerprint density at radius 2 is 1.24 bits per heavy atom. The maximum absolute atomic E-state index is 12.4. The molecule has 0 aromatic rings. The van der Waals surface area contributed by atoms with Crippen LogP contribution >= 0.6 is 0 Å². The summed E-state index contributed by atoms with van der Waals surface area (Å²) >= 11 is 0. The third-order valence-electron chi connectivity index (χ3n) is 5.86. The molecule has 0 saturated heterocycles. The van der Waals surface area contributed by atoms with Crippen LogP contribution in [-0.2, 0) is 9.59 Å². The Kier molecular flexibility index (Phi) is 11.3. The number of hydrogen-bond donors (Lipinski definition) is 3. The highest BCUT2D eigenvalue weighted by Gasteiger charge is 2.45. The standard InChI is InChI=1S/C24H40O5/c1-4-5-6-7-8-9-10-11-12-13-14-15-16-17-19(25)20-21(26)18(2)22(27)24(3,29)23(20)28/h26-27,29H,4-17H2,1-3H3/t24-/m1/s1. The Balaban J connectivity index is 2.21. The van der Waals surface area contributed by atoms with Gasteiger partial charge in [-0.05, 0) is 20.3 Å². The van der Waals surface area contributed by atoms with Gasteiger partial charge >= 0.3 is 0 Å². The van der Waals surface area contributed by atoms with E-state index in [2.05, 4.69) is 6.92 Å².